The minimum atomic E-state index is -0.938. The normalized spacial score (nSPS) is 11.7. The summed E-state index contributed by atoms with van der Waals surface area (Å²) in [4.78, 5) is 26.3. The second-order valence-corrected chi connectivity index (χ2v) is 4.08. The zero-order valence-corrected chi connectivity index (χ0v) is 11.1. The van der Waals surface area contributed by atoms with Gasteiger partial charge < -0.3 is 10.4 Å². The Labute approximate surface area is 110 Å². The number of aryl methyl sites for hydroxylation is 2. The predicted octanol–water partition coefficient (Wildman–Crippen LogP) is 0.721. The third-order valence-electron chi connectivity index (χ3n) is 2.67. The molecule has 0 aliphatic carbocycles. The summed E-state index contributed by atoms with van der Waals surface area (Å²) >= 11 is 0. The van der Waals surface area contributed by atoms with Gasteiger partial charge in [-0.2, -0.15) is 5.10 Å². The first kappa shape index (κ1) is 14.8. The average Bonchev–Trinajstić information content (AvgIpc) is 2.34. The quantitative estimate of drug-likeness (QED) is 0.723. The van der Waals surface area contributed by atoms with E-state index in [9.17, 15) is 9.59 Å². The van der Waals surface area contributed by atoms with E-state index in [4.69, 9.17) is 5.11 Å². The summed E-state index contributed by atoms with van der Waals surface area (Å²) in [5.74, 6) is -1.46. The lowest BCUT2D eigenvalue weighted by molar-refractivity contribution is -0.141. The molecule has 0 aliphatic heterocycles. The molecule has 2 amide bonds. The molecule has 0 saturated heterocycles. The summed E-state index contributed by atoms with van der Waals surface area (Å²) < 4.78 is 0. The molecule has 0 spiro atoms. The lowest BCUT2D eigenvalue weighted by atomic mass is 10.1. The molecule has 0 aromatic carbocycles. The van der Waals surface area contributed by atoms with Crippen LogP contribution in [0.25, 0.3) is 0 Å². The number of hydrogen-bond donors (Lipinski definition) is 3. The van der Waals surface area contributed by atoms with Crippen LogP contribution in [0, 0.1) is 19.8 Å². The molecular formula is C11H17N5O3. The van der Waals surface area contributed by atoms with E-state index < -0.39 is 17.9 Å². The van der Waals surface area contributed by atoms with Crippen LogP contribution >= 0.6 is 0 Å². The van der Waals surface area contributed by atoms with Crippen molar-refractivity contribution in [2.45, 2.75) is 27.2 Å². The number of nitrogens with zero attached hydrogens (tertiary/aromatic N) is 3. The highest BCUT2D eigenvalue weighted by molar-refractivity contribution is 5.87. The van der Waals surface area contributed by atoms with Crippen molar-refractivity contribution in [2.75, 3.05) is 11.9 Å². The average molecular weight is 267 g/mol. The predicted molar refractivity (Wildman–Crippen MR) is 67.7 cm³/mol. The number of carboxylic acid groups (broad SMARTS) is 1. The summed E-state index contributed by atoms with van der Waals surface area (Å²) in [6.45, 7) is 5.31. The van der Waals surface area contributed by atoms with Gasteiger partial charge in [-0.1, -0.05) is 6.92 Å². The molecule has 0 aliphatic rings. The smallest absolute Gasteiger partial charge is 0.321 e. The van der Waals surface area contributed by atoms with Crippen LogP contribution in [0.1, 0.15) is 24.7 Å². The van der Waals surface area contributed by atoms with Crippen molar-refractivity contribution in [3.05, 3.63) is 11.4 Å². The van der Waals surface area contributed by atoms with Crippen molar-refractivity contribution in [1.82, 2.24) is 20.5 Å². The van der Waals surface area contributed by atoms with Crippen LogP contribution in [-0.4, -0.2) is 38.8 Å². The molecule has 0 fully saturated rings. The molecule has 1 atom stereocenters. The number of aliphatic carboxylic acids is 1. The second kappa shape index (κ2) is 6.62. The number of nitrogens with one attached hydrogen (secondary N) is 2. The van der Waals surface area contributed by atoms with Crippen LogP contribution in [0.3, 0.4) is 0 Å². The van der Waals surface area contributed by atoms with Crippen molar-refractivity contribution < 1.29 is 14.7 Å². The van der Waals surface area contributed by atoms with E-state index in [1.165, 1.54) is 0 Å². The summed E-state index contributed by atoms with van der Waals surface area (Å²) in [5, 5.41) is 21.2. The lowest BCUT2D eigenvalue weighted by Crippen LogP contribution is -2.36. The molecule has 1 rings (SSSR count). The van der Waals surface area contributed by atoms with E-state index in [1.807, 2.05) is 0 Å². The van der Waals surface area contributed by atoms with Gasteiger partial charge in [0.15, 0.2) is 0 Å². The number of amides is 2. The van der Waals surface area contributed by atoms with Crippen LogP contribution in [0.15, 0.2) is 0 Å². The van der Waals surface area contributed by atoms with E-state index in [1.54, 1.807) is 20.8 Å². The number of carbonyl (C=O) groups excluding carboxylic acids is 1. The molecule has 3 N–H and O–H groups in total. The Morgan fingerprint density at radius 2 is 1.95 bits per heavy atom. The molecule has 1 aromatic heterocycles. The van der Waals surface area contributed by atoms with Crippen LogP contribution in [0.4, 0.5) is 10.7 Å². The van der Waals surface area contributed by atoms with Crippen molar-refractivity contribution in [1.29, 1.82) is 0 Å². The van der Waals surface area contributed by atoms with Crippen molar-refractivity contribution in [3.8, 4) is 0 Å². The monoisotopic (exact) mass is 267 g/mol. The van der Waals surface area contributed by atoms with Crippen LogP contribution < -0.4 is 10.6 Å². The number of aromatic nitrogens is 3. The van der Waals surface area contributed by atoms with Gasteiger partial charge in [0.05, 0.1) is 17.3 Å². The van der Waals surface area contributed by atoms with E-state index in [2.05, 4.69) is 25.8 Å². The van der Waals surface area contributed by atoms with Gasteiger partial charge in [-0.3, -0.25) is 10.1 Å². The summed E-state index contributed by atoms with van der Waals surface area (Å²) in [5.41, 5.74) is 1.35. The zero-order chi connectivity index (χ0) is 14.4. The van der Waals surface area contributed by atoms with Crippen molar-refractivity contribution in [2.24, 2.45) is 5.92 Å². The summed E-state index contributed by atoms with van der Waals surface area (Å²) in [6.07, 6.45) is 0.442. The largest absolute Gasteiger partial charge is 0.481 e. The molecule has 8 nitrogen and oxygen atoms in total. The fourth-order valence-electron chi connectivity index (χ4n) is 1.28. The number of anilines is 1. The maximum atomic E-state index is 11.5. The van der Waals surface area contributed by atoms with E-state index in [0.717, 1.165) is 0 Å². The minimum Gasteiger partial charge on any atom is -0.481 e. The Bertz CT molecular complexity index is 477. The zero-order valence-electron chi connectivity index (χ0n) is 11.1. The third-order valence-corrected chi connectivity index (χ3v) is 2.67. The Balaban J connectivity index is 2.51. The number of hydrogen-bond acceptors (Lipinski definition) is 5. The topological polar surface area (TPSA) is 117 Å². The fraction of sp³-hybridized carbons (Fsp3) is 0.545. The highest BCUT2D eigenvalue weighted by Gasteiger charge is 2.16. The van der Waals surface area contributed by atoms with Gasteiger partial charge in [-0.25, -0.2) is 9.78 Å². The first-order chi connectivity index (χ1) is 8.93. The first-order valence-corrected chi connectivity index (χ1v) is 5.89. The third kappa shape index (κ3) is 4.49. The maximum absolute atomic E-state index is 11.5. The fourth-order valence-corrected chi connectivity index (χ4v) is 1.28. The molecule has 19 heavy (non-hydrogen) atoms. The molecule has 1 heterocycles. The van der Waals surface area contributed by atoms with Gasteiger partial charge in [-0.15, -0.1) is 5.10 Å². The van der Waals surface area contributed by atoms with Gasteiger partial charge >= 0.3 is 12.0 Å². The molecule has 0 saturated carbocycles. The van der Waals surface area contributed by atoms with Crippen LogP contribution in [0.2, 0.25) is 0 Å². The molecule has 104 valence electrons. The Hall–Kier alpha value is -2.25. The molecule has 0 radical (unpaired) electrons. The van der Waals surface area contributed by atoms with Gasteiger partial charge in [0, 0.05) is 6.54 Å². The Morgan fingerprint density at radius 3 is 2.47 bits per heavy atom. The SMILES string of the molecule is CCC(CNC(=O)Nc1nnc(C)c(C)n1)C(=O)O. The summed E-state index contributed by atoms with van der Waals surface area (Å²) in [7, 11) is 0. The second-order valence-electron chi connectivity index (χ2n) is 4.08. The molecule has 1 unspecified atom stereocenters. The van der Waals surface area contributed by atoms with E-state index in [-0.39, 0.29) is 12.5 Å². The van der Waals surface area contributed by atoms with Gasteiger partial charge in [0.25, 0.3) is 5.95 Å². The van der Waals surface area contributed by atoms with Gasteiger partial charge in [-0.05, 0) is 20.3 Å². The van der Waals surface area contributed by atoms with Crippen molar-refractivity contribution in [3.63, 3.8) is 0 Å². The minimum absolute atomic E-state index is 0.0515. The van der Waals surface area contributed by atoms with Crippen LogP contribution in [0.5, 0.6) is 0 Å². The first-order valence-electron chi connectivity index (χ1n) is 5.89. The molecular weight excluding hydrogens is 250 g/mol. The number of urea groups is 1. The highest BCUT2D eigenvalue weighted by atomic mass is 16.4. The molecule has 0 bridgehead atoms. The summed E-state index contributed by atoms with van der Waals surface area (Å²) in [6, 6.07) is -0.551. The number of carboxylic acids is 1. The number of carbonyl (C=O) groups is 2. The van der Waals surface area contributed by atoms with E-state index >= 15 is 0 Å². The standard InChI is InChI=1S/C11H17N5O3/c1-4-8(9(17)18)5-12-11(19)14-10-13-6(2)7(3)15-16-10/h8H,4-5H2,1-3H3,(H,17,18)(H2,12,13,14,16,19). The number of rotatable bonds is 5. The van der Waals surface area contributed by atoms with E-state index in [0.29, 0.717) is 17.8 Å². The van der Waals surface area contributed by atoms with Crippen LogP contribution in [-0.2, 0) is 4.79 Å². The van der Waals surface area contributed by atoms with Gasteiger partial charge in [0.1, 0.15) is 0 Å². The Kier molecular flexibility index (Phi) is 5.16. The van der Waals surface area contributed by atoms with Gasteiger partial charge in [0.2, 0.25) is 0 Å². The molecule has 8 heteroatoms. The lowest BCUT2D eigenvalue weighted by Gasteiger charge is -2.11. The Morgan fingerprint density at radius 1 is 1.26 bits per heavy atom. The maximum Gasteiger partial charge on any atom is 0.321 e. The van der Waals surface area contributed by atoms with Crippen molar-refractivity contribution >= 4 is 17.9 Å². The highest BCUT2D eigenvalue weighted by Crippen LogP contribution is 2.03. The molecule has 1 aromatic rings.